The van der Waals surface area contributed by atoms with Gasteiger partial charge in [0, 0.05) is 16.0 Å². The van der Waals surface area contributed by atoms with Gasteiger partial charge in [0.1, 0.15) is 0 Å². The molecule has 23 heavy (non-hydrogen) atoms. The van der Waals surface area contributed by atoms with Gasteiger partial charge in [-0.2, -0.15) is 25.9 Å². The molecule has 0 radical (unpaired) electrons. The minimum Gasteiger partial charge on any atom is -0.323 e. The molecular weight excluding hydrogens is 283 g/mol. The molecule has 0 saturated carbocycles. The van der Waals surface area contributed by atoms with E-state index in [2.05, 4.69) is 67.3 Å². The van der Waals surface area contributed by atoms with Crippen molar-refractivity contribution in [2.24, 2.45) is 15.5 Å². The third kappa shape index (κ3) is 62.1. The van der Waals surface area contributed by atoms with E-state index in [9.17, 15) is 0 Å². The van der Waals surface area contributed by atoms with E-state index in [0.29, 0.717) is 0 Å². The molecule has 0 aliphatic heterocycles. The first kappa shape index (κ1) is 30.2. The zero-order valence-corrected chi connectivity index (χ0v) is 17.7. The molecule has 0 spiro atoms. The van der Waals surface area contributed by atoms with Crippen LogP contribution in [0.3, 0.4) is 0 Å². The molecule has 0 saturated heterocycles. The Hall–Kier alpha value is -0.693. The molecule has 0 aliphatic rings. The molecule has 1 N–H and O–H groups in total. The Kier molecular flexibility index (Phi) is 18.0. The summed E-state index contributed by atoms with van der Waals surface area (Å²) in [4.78, 5) is 2.63. The molecule has 0 bridgehead atoms. The number of nitrogens with one attached hydrogen (secondary N) is 1. The Balaban J connectivity index is -0.000000130. The molecule has 132 valence electrons. The predicted molar refractivity (Wildman–Crippen MR) is 96.7 cm³/mol. The monoisotopic (exact) mass is 320 g/mol. The normalized spacial score (nSPS) is 11.3. The van der Waals surface area contributed by atoms with Crippen LogP contribution in [0.25, 0.3) is 10.4 Å². The van der Waals surface area contributed by atoms with E-state index >= 15 is 0 Å². The molecule has 0 amide bonds. The first-order valence-corrected chi connectivity index (χ1v) is 7.52. The van der Waals surface area contributed by atoms with Crippen LogP contribution in [0, 0.1) is 5.92 Å². The number of rotatable bonds is 1. The van der Waals surface area contributed by atoms with Gasteiger partial charge in [0.2, 0.25) is 0 Å². The van der Waals surface area contributed by atoms with Crippen LogP contribution in [-0.4, -0.2) is 16.6 Å². The second-order valence-electron chi connectivity index (χ2n) is 8.59. The Morgan fingerprint density at radius 2 is 1.17 bits per heavy atom. The molecule has 7 heteroatoms. The van der Waals surface area contributed by atoms with Crippen LogP contribution in [0.1, 0.15) is 83.1 Å². The van der Waals surface area contributed by atoms with Crippen molar-refractivity contribution in [1.29, 1.82) is 0 Å². The molecule has 0 fully saturated rings. The third-order valence-electron chi connectivity index (χ3n) is 1.08. The SMILES string of the molecule is CC(C)(C)N=NNC(C)(C)C.CC(C)(C)N=[N+]=[N-].C[C-](C)C.[Li+]. The van der Waals surface area contributed by atoms with Crippen LogP contribution in [0.5, 0.6) is 0 Å². The second kappa shape index (κ2) is 13.7. The summed E-state index contributed by atoms with van der Waals surface area (Å²) in [5, 5.41) is 11.4. The van der Waals surface area contributed by atoms with E-state index in [1.165, 1.54) is 5.92 Å². The number of azide groups is 1. The van der Waals surface area contributed by atoms with Gasteiger partial charge in [-0.3, -0.25) is 5.43 Å². The fraction of sp³-hybridized carbons (Fsp3) is 0.938. The van der Waals surface area contributed by atoms with Crippen molar-refractivity contribution < 1.29 is 18.9 Å². The average Bonchev–Trinajstić information content (AvgIpc) is 2.10. The van der Waals surface area contributed by atoms with E-state index in [1.807, 2.05) is 41.5 Å². The Morgan fingerprint density at radius 3 is 1.30 bits per heavy atom. The molecule has 0 rings (SSSR count). The minimum atomic E-state index is -0.241. The van der Waals surface area contributed by atoms with Gasteiger partial charge in [0.15, 0.2) is 0 Å². The van der Waals surface area contributed by atoms with Crippen molar-refractivity contribution in [3.8, 4) is 0 Å². The summed E-state index contributed by atoms with van der Waals surface area (Å²) in [6.07, 6.45) is 0. The molecule has 0 aromatic rings. The van der Waals surface area contributed by atoms with E-state index in [0.717, 1.165) is 0 Å². The standard InChI is InChI=1S/C8H19N3.C4H9N3.C4H9.Li/c1-7(2,3)9-11-10-8(4,5)6;1-4(2,3)6-7-5;1-4(2)3;/h1-6H3,(H,9,10);1-3H3;1-3H3;/q;;-1;+1. The zero-order valence-electron chi connectivity index (χ0n) is 17.7. The number of hydrogen-bond donors (Lipinski definition) is 1. The van der Waals surface area contributed by atoms with Gasteiger partial charge in [-0.05, 0) is 47.1 Å². The summed E-state index contributed by atoms with van der Waals surface area (Å²) in [5.74, 6) is 1.42. The smallest absolute Gasteiger partial charge is 0.323 e. The first-order chi connectivity index (χ1) is 9.50. The third-order valence-corrected chi connectivity index (χ3v) is 1.08. The molecule has 0 unspecified atom stereocenters. The molecule has 0 aliphatic carbocycles. The summed E-state index contributed by atoms with van der Waals surface area (Å²) in [5.41, 5.74) is 10.5. The van der Waals surface area contributed by atoms with Crippen molar-refractivity contribution >= 4 is 0 Å². The summed E-state index contributed by atoms with van der Waals surface area (Å²) < 4.78 is 0. The van der Waals surface area contributed by atoms with Crippen molar-refractivity contribution in [2.75, 3.05) is 0 Å². The van der Waals surface area contributed by atoms with Crippen LogP contribution >= 0.6 is 0 Å². The van der Waals surface area contributed by atoms with Gasteiger partial charge in [-0.15, -0.1) is 0 Å². The molecule has 6 nitrogen and oxygen atoms in total. The molecule has 0 aromatic carbocycles. The van der Waals surface area contributed by atoms with Crippen molar-refractivity contribution in [3.63, 3.8) is 0 Å². The summed E-state index contributed by atoms with van der Waals surface area (Å²) >= 11 is 0. The predicted octanol–water partition coefficient (Wildman–Crippen LogP) is 3.26. The van der Waals surface area contributed by atoms with Gasteiger partial charge < -0.3 is 5.92 Å². The van der Waals surface area contributed by atoms with Gasteiger partial charge in [0.25, 0.3) is 0 Å². The molecule has 0 aromatic heterocycles. The molecule has 0 heterocycles. The fourth-order valence-corrected chi connectivity index (χ4v) is 0.459. The summed E-state index contributed by atoms with van der Waals surface area (Å²) in [7, 11) is 0. The van der Waals surface area contributed by atoms with E-state index in [4.69, 9.17) is 5.53 Å². The first-order valence-electron chi connectivity index (χ1n) is 7.52. The average molecular weight is 320 g/mol. The Labute approximate surface area is 156 Å². The van der Waals surface area contributed by atoms with E-state index in [-0.39, 0.29) is 35.5 Å². The Bertz CT molecular complexity index is 336. The van der Waals surface area contributed by atoms with Crippen molar-refractivity contribution in [2.45, 2.75) is 99.7 Å². The van der Waals surface area contributed by atoms with Gasteiger partial charge in [-0.25, -0.2) is 0 Å². The molecule has 0 atom stereocenters. The maximum Gasteiger partial charge on any atom is 1.00 e. The topological polar surface area (TPSA) is 85.5 Å². The summed E-state index contributed by atoms with van der Waals surface area (Å²) in [6.45, 7) is 24.0. The van der Waals surface area contributed by atoms with Crippen molar-refractivity contribution in [3.05, 3.63) is 16.4 Å². The Morgan fingerprint density at radius 1 is 0.826 bits per heavy atom. The molecular formula is C16H37LiN6. The van der Waals surface area contributed by atoms with E-state index in [1.54, 1.807) is 0 Å². The summed E-state index contributed by atoms with van der Waals surface area (Å²) in [6, 6.07) is 0. The van der Waals surface area contributed by atoms with Gasteiger partial charge in [-0.1, -0.05) is 31.1 Å². The van der Waals surface area contributed by atoms with Crippen molar-refractivity contribution in [1.82, 2.24) is 5.43 Å². The maximum absolute atomic E-state index is 7.86. The fourth-order valence-electron chi connectivity index (χ4n) is 0.459. The van der Waals surface area contributed by atoms with Crippen LogP contribution in [0.4, 0.5) is 0 Å². The van der Waals surface area contributed by atoms with Gasteiger partial charge >= 0.3 is 18.9 Å². The second-order valence-corrected chi connectivity index (χ2v) is 8.59. The van der Waals surface area contributed by atoms with E-state index < -0.39 is 0 Å². The van der Waals surface area contributed by atoms with Gasteiger partial charge in [0.05, 0.1) is 5.54 Å². The quantitative estimate of drug-likeness (QED) is 0.197. The van der Waals surface area contributed by atoms with Crippen LogP contribution < -0.4 is 24.3 Å². The zero-order chi connectivity index (χ0) is 18.6. The largest absolute Gasteiger partial charge is 1.00 e. The van der Waals surface area contributed by atoms with Crippen LogP contribution in [0.15, 0.2) is 15.5 Å². The van der Waals surface area contributed by atoms with Crippen LogP contribution in [0.2, 0.25) is 0 Å². The van der Waals surface area contributed by atoms with Crippen LogP contribution in [-0.2, 0) is 0 Å². The number of nitrogens with zero attached hydrogens (tertiary/aromatic N) is 5. The number of hydrogen-bond acceptors (Lipinski definition) is 3. The maximum atomic E-state index is 7.86. The minimum absolute atomic E-state index is 0.